The van der Waals surface area contributed by atoms with Crippen molar-refractivity contribution >= 4 is 28.5 Å². The van der Waals surface area contributed by atoms with E-state index in [2.05, 4.69) is 64.9 Å². The fraction of sp³-hybridized carbons (Fsp3) is 0.316. The minimum Gasteiger partial charge on any atom is -0.348 e. The van der Waals surface area contributed by atoms with Gasteiger partial charge in [-0.25, -0.2) is 0 Å². The summed E-state index contributed by atoms with van der Waals surface area (Å²) in [4.78, 5) is 14.7. The predicted octanol–water partition coefficient (Wildman–Crippen LogP) is 4.06. The monoisotopic (exact) mass is 422 g/mol. The van der Waals surface area contributed by atoms with E-state index in [4.69, 9.17) is 0 Å². The van der Waals surface area contributed by atoms with Crippen LogP contribution in [0.15, 0.2) is 48.5 Å². The fourth-order valence-electron chi connectivity index (χ4n) is 2.49. The first-order valence-electron chi connectivity index (χ1n) is 7.97. The Morgan fingerprint density at radius 2 is 1.61 bits per heavy atom. The smallest absolute Gasteiger partial charge is 0.252 e. The molecule has 122 valence electrons. The topological polar surface area (TPSA) is 32.3 Å². The van der Waals surface area contributed by atoms with Crippen molar-refractivity contribution < 1.29 is 4.79 Å². The van der Waals surface area contributed by atoms with Crippen LogP contribution in [0.3, 0.4) is 0 Å². The summed E-state index contributed by atoms with van der Waals surface area (Å²) in [6, 6.07) is 16.0. The van der Waals surface area contributed by atoms with Gasteiger partial charge >= 0.3 is 0 Å². The van der Waals surface area contributed by atoms with Gasteiger partial charge in [0, 0.05) is 16.7 Å². The maximum absolute atomic E-state index is 12.4. The van der Waals surface area contributed by atoms with Crippen LogP contribution in [0.2, 0.25) is 0 Å². The molecule has 1 amide bonds. The van der Waals surface area contributed by atoms with Gasteiger partial charge in [0.1, 0.15) is 0 Å². The Hall–Kier alpha value is -1.40. The first-order chi connectivity index (χ1) is 11.2. The third-order valence-corrected chi connectivity index (χ3v) is 4.91. The molecule has 0 fully saturated rings. The predicted molar refractivity (Wildman–Crippen MR) is 103 cm³/mol. The van der Waals surface area contributed by atoms with E-state index >= 15 is 0 Å². The average molecular weight is 422 g/mol. The van der Waals surface area contributed by atoms with E-state index in [1.807, 2.05) is 30.3 Å². The number of carbonyl (C=O) groups excluding carboxylic acids is 1. The zero-order chi connectivity index (χ0) is 16.7. The Balaban J connectivity index is 2.06. The van der Waals surface area contributed by atoms with E-state index in [9.17, 15) is 4.79 Å². The van der Waals surface area contributed by atoms with Crippen LogP contribution < -0.4 is 5.32 Å². The molecule has 0 unspecified atom stereocenters. The highest BCUT2D eigenvalue weighted by Gasteiger charge is 2.10. The molecule has 4 heteroatoms. The molecule has 0 aromatic heterocycles. The normalized spacial score (nSPS) is 10.8. The van der Waals surface area contributed by atoms with Gasteiger partial charge in [-0.1, -0.05) is 50.2 Å². The number of hydrogen-bond acceptors (Lipinski definition) is 2. The number of halogens is 1. The molecular formula is C19H23IN2O. The van der Waals surface area contributed by atoms with Gasteiger partial charge in [-0.15, -0.1) is 0 Å². The maximum Gasteiger partial charge on any atom is 0.252 e. The van der Waals surface area contributed by atoms with E-state index < -0.39 is 0 Å². The van der Waals surface area contributed by atoms with Gasteiger partial charge in [0.05, 0.1) is 5.56 Å². The lowest BCUT2D eigenvalue weighted by molar-refractivity contribution is 0.0950. The minimum absolute atomic E-state index is 0.0207. The molecule has 0 bridgehead atoms. The molecule has 0 saturated heterocycles. The summed E-state index contributed by atoms with van der Waals surface area (Å²) >= 11 is 2.20. The third-order valence-electron chi connectivity index (χ3n) is 3.96. The molecule has 0 radical (unpaired) electrons. The number of hydrogen-bond donors (Lipinski definition) is 1. The Labute approximate surface area is 152 Å². The second kappa shape index (κ2) is 9.03. The lowest BCUT2D eigenvalue weighted by Gasteiger charge is -2.20. The van der Waals surface area contributed by atoms with Gasteiger partial charge in [-0.2, -0.15) is 0 Å². The highest BCUT2D eigenvalue weighted by atomic mass is 127. The van der Waals surface area contributed by atoms with Crippen LogP contribution in [0.1, 0.15) is 35.3 Å². The highest BCUT2D eigenvalue weighted by molar-refractivity contribution is 14.1. The zero-order valence-corrected chi connectivity index (χ0v) is 15.8. The molecule has 2 rings (SSSR count). The fourth-order valence-corrected chi connectivity index (χ4v) is 3.12. The van der Waals surface area contributed by atoms with E-state index in [0.717, 1.165) is 28.8 Å². The second-order valence-electron chi connectivity index (χ2n) is 5.39. The maximum atomic E-state index is 12.4. The van der Waals surface area contributed by atoms with Crippen molar-refractivity contribution in [2.45, 2.75) is 26.9 Å². The Morgan fingerprint density at radius 3 is 2.26 bits per heavy atom. The van der Waals surface area contributed by atoms with Crippen LogP contribution in [0.25, 0.3) is 0 Å². The molecule has 0 saturated carbocycles. The van der Waals surface area contributed by atoms with Crippen LogP contribution >= 0.6 is 22.6 Å². The van der Waals surface area contributed by atoms with Gasteiger partial charge in [0.15, 0.2) is 0 Å². The Kier molecular flexibility index (Phi) is 7.05. The molecule has 3 nitrogen and oxygen atoms in total. The number of nitrogens with one attached hydrogen (secondary N) is 1. The first-order valence-corrected chi connectivity index (χ1v) is 9.05. The van der Waals surface area contributed by atoms with Gasteiger partial charge in [0.25, 0.3) is 5.91 Å². The van der Waals surface area contributed by atoms with Gasteiger partial charge in [-0.3, -0.25) is 9.69 Å². The minimum atomic E-state index is -0.0207. The molecule has 2 aromatic rings. The molecule has 23 heavy (non-hydrogen) atoms. The molecule has 0 heterocycles. The number of amides is 1. The molecule has 0 spiro atoms. The number of carbonyl (C=O) groups is 1. The SMILES string of the molecule is CCN(CC)Cc1ccccc1CNC(=O)c1ccccc1I. The number of nitrogens with zero attached hydrogens (tertiary/aromatic N) is 1. The largest absolute Gasteiger partial charge is 0.348 e. The van der Waals surface area contributed by atoms with Crippen LogP contribution in [0.4, 0.5) is 0 Å². The Bertz CT molecular complexity index is 653. The highest BCUT2D eigenvalue weighted by Crippen LogP contribution is 2.14. The summed E-state index contributed by atoms with van der Waals surface area (Å²) in [6.07, 6.45) is 0. The molecule has 2 aromatic carbocycles. The Morgan fingerprint density at radius 1 is 1.00 bits per heavy atom. The van der Waals surface area contributed by atoms with Crippen molar-refractivity contribution in [3.63, 3.8) is 0 Å². The lowest BCUT2D eigenvalue weighted by atomic mass is 10.1. The van der Waals surface area contributed by atoms with Crippen molar-refractivity contribution in [3.8, 4) is 0 Å². The molecule has 0 aliphatic rings. The first kappa shape index (κ1) is 17.9. The van der Waals surface area contributed by atoms with Crippen molar-refractivity contribution in [3.05, 3.63) is 68.8 Å². The molecule has 0 atom stereocenters. The molecule has 0 aliphatic carbocycles. The van der Waals surface area contributed by atoms with Crippen molar-refractivity contribution in [1.82, 2.24) is 10.2 Å². The van der Waals surface area contributed by atoms with Crippen LogP contribution in [-0.4, -0.2) is 23.9 Å². The summed E-state index contributed by atoms with van der Waals surface area (Å²) in [5.74, 6) is -0.0207. The van der Waals surface area contributed by atoms with Crippen LogP contribution in [-0.2, 0) is 13.1 Å². The lowest BCUT2D eigenvalue weighted by Crippen LogP contribution is -2.26. The average Bonchev–Trinajstić information content (AvgIpc) is 2.58. The van der Waals surface area contributed by atoms with E-state index in [0.29, 0.717) is 6.54 Å². The molecular weight excluding hydrogens is 399 g/mol. The summed E-state index contributed by atoms with van der Waals surface area (Å²) in [6.45, 7) is 7.87. The molecule has 0 aliphatic heterocycles. The van der Waals surface area contributed by atoms with Crippen molar-refractivity contribution in [1.29, 1.82) is 0 Å². The van der Waals surface area contributed by atoms with Crippen molar-refractivity contribution in [2.24, 2.45) is 0 Å². The summed E-state index contributed by atoms with van der Waals surface area (Å²) in [5.41, 5.74) is 3.19. The van der Waals surface area contributed by atoms with E-state index in [1.165, 1.54) is 11.1 Å². The van der Waals surface area contributed by atoms with Crippen LogP contribution in [0, 0.1) is 3.57 Å². The van der Waals surface area contributed by atoms with E-state index in [-0.39, 0.29) is 5.91 Å². The quantitative estimate of drug-likeness (QED) is 0.683. The van der Waals surface area contributed by atoms with Gasteiger partial charge in [0.2, 0.25) is 0 Å². The third kappa shape index (κ3) is 5.04. The summed E-state index contributed by atoms with van der Waals surface area (Å²) in [7, 11) is 0. The van der Waals surface area contributed by atoms with Crippen molar-refractivity contribution in [2.75, 3.05) is 13.1 Å². The number of rotatable bonds is 7. The van der Waals surface area contributed by atoms with E-state index in [1.54, 1.807) is 0 Å². The van der Waals surface area contributed by atoms with Crippen LogP contribution in [0.5, 0.6) is 0 Å². The summed E-state index contributed by atoms with van der Waals surface area (Å²) in [5, 5.41) is 3.04. The molecule has 1 N–H and O–H groups in total. The standard InChI is InChI=1S/C19H23IN2O/c1-3-22(4-2)14-16-10-6-5-9-15(16)13-21-19(23)17-11-7-8-12-18(17)20/h5-12H,3-4,13-14H2,1-2H3,(H,21,23). The second-order valence-corrected chi connectivity index (χ2v) is 6.55. The number of benzene rings is 2. The summed E-state index contributed by atoms with van der Waals surface area (Å²) < 4.78 is 0.971. The van der Waals surface area contributed by atoms with Gasteiger partial charge in [-0.05, 0) is 58.9 Å². The van der Waals surface area contributed by atoms with Gasteiger partial charge < -0.3 is 5.32 Å². The zero-order valence-electron chi connectivity index (χ0n) is 13.7.